The lowest BCUT2D eigenvalue weighted by Gasteiger charge is -2.09. The molecule has 102 valence electrons. The Morgan fingerprint density at radius 2 is 2.21 bits per heavy atom. The summed E-state index contributed by atoms with van der Waals surface area (Å²) in [5.74, 6) is 1.65. The molecule has 0 bridgehead atoms. The molecule has 1 aromatic carbocycles. The van der Waals surface area contributed by atoms with Crippen molar-refractivity contribution < 1.29 is 9.47 Å². The van der Waals surface area contributed by atoms with E-state index in [9.17, 15) is 0 Å². The third kappa shape index (κ3) is 4.53. The van der Waals surface area contributed by atoms with E-state index in [1.807, 2.05) is 18.2 Å². The van der Waals surface area contributed by atoms with Gasteiger partial charge in [0.25, 0.3) is 0 Å². The molecule has 0 saturated heterocycles. The molecule has 2 rings (SSSR count). The van der Waals surface area contributed by atoms with Crippen molar-refractivity contribution in [3.8, 4) is 11.5 Å². The van der Waals surface area contributed by atoms with Gasteiger partial charge in [0, 0.05) is 18.0 Å². The van der Waals surface area contributed by atoms with Crippen LogP contribution in [0, 0.1) is 0 Å². The molecule has 0 radical (unpaired) electrons. The van der Waals surface area contributed by atoms with Gasteiger partial charge in [-0.05, 0) is 45.6 Å². The molecule has 0 amide bonds. The highest BCUT2D eigenvalue weighted by atomic mass is 79.9. The monoisotopic (exact) mass is 341 g/mol. The molecule has 2 aromatic rings. The van der Waals surface area contributed by atoms with Gasteiger partial charge in [0.2, 0.25) is 0 Å². The minimum atomic E-state index is 0.635. The third-order valence-electron chi connectivity index (χ3n) is 2.55. The Morgan fingerprint density at radius 3 is 2.89 bits per heavy atom. The van der Waals surface area contributed by atoms with Crippen LogP contribution in [0.15, 0.2) is 40.2 Å². The highest BCUT2D eigenvalue weighted by molar-refractivity contribution is 9.10. The van der Waals surface area contributed by atoms with Crippen molar-refractivity contribution in [3.05, 3.63) is 45.1 Å². The van der Waals surface area contributed by atoms with Gasteiger partial charge in [0.15, 0.2) is 0 Å². The van der Waals surface area contributed by atoms with Crippen molar-refractivity contribution >= 4 is 27.3 Å². The molecule has 1 aromatic heterocycles. The minimum absolute atomic E-state index is 0.635. The topological polar surface area (TPSA) is 30.5 Å². The predicted octanol–water partition coefficient (Wildman–Crippen LogP) is 3.69. The zero-order valence-electron chi connectivity index (χ0n) is 10.7. The Labute approximate surface area is 125 Å². The minimum Gasteiger partial charge on any atom is -0.497 e. The summed E-state index contributed by atoms with van der Waals surface area (Å²) in [7, 11) is 1.65. The van der Waals surface area contributed by atoms with Gasteiger partial charge in [0.05, 0.1) is 11.6 Å². The van der Waals surface area contributed by atoms with Gasteiger partial charge >= 0.3 is 0 Å². The number of benzene rings is 1. The van der Waals surface area contributed by atoms with E-state index in [1.54, 1.807) is 18.4 Å². The van der Waals surface area contributed by atoms with Crippen LogP contribution >= 0.6 is 27.3 Å². The van der Waals surface area contributed by atoms with Gasteiger partial charge in [-0.1, -0.05) is 6.07 Å². The fraction of sp³-hybridized carbons (Fsp3) is 0.286. The van der Waals surface area contributed by atoms with Crippen LogP contribution in [-0.2, 0) is 6.54 Å². The number of methoxy groups -OCH3 is 1. The second kappa shape index (κ2) is 7.53. The summed E-state index contributed by atoms with van der Waals surface area (Å²) in [5, 5.41) is 5.43. The quantitative estimate of drug-likeness (QED) is 0.779. The fourth-order valence-corrected chi connectivity index (χ4v) is 2.73. The normalized spacial score (nSPS) is 10.4. The number of ether oxygens (including phenoxy) is 2. The molecule has 0 unspecified atom stereocenters. The number of hydrogen-bond donors (Lipinski definition) is 1. The van der Waals surface area contributed by atoms with Gasteiger partial charge in [-0.2, -0.15) is 0 Å². The molecule has 1 N–H and O–H groups in total. The summed E-state index contributed by atoms with van der Waals surface area (Å²) < 4.78 is 11.7. The summed E-state index contributed by atoms with van der Waals surface area (Å²) >= 11 is 5.22. The molecule has 0 spiro atoms. The van der Waals surface area contributed by atoms with Crippen LogP contribution in [0.5, 0.6) is 11.5 Å². The van der Waals surface area contributed by atoms with E-state index < -0.39 is 0 Å². The molecule has 0 fully saturated rings. The summed E-state index contributed by atoms with van der Waals surface area (Å²) in [4.78, 5) is 1.34. The average molecular weight is 342 g/mol. The van der Waals surface area contributed by atoms with E-state index in [-0.39, 0.29) is 0 Å². The maximum absolute atomic E-state index is 5.69. The molecule has 5 heteroatoms. The zero-order valence-corrected chi connectivity index (χ0v) is 13.1. The van der Waals surface area contributed by atoms with Gasteiger partial charge in [-0.15, -0.1) is 11.3 Å². The molecule has 1 heterocycles. The van der Waals surface area contributed by atoms with Crippen molar-refractivity contribution in [2.75, 3.05) is 20.3 Å². The van der Waals surface area contributed by atoms with Crippen LogP contribution in [0.4, 0.5) is 0 Å². The van der Waals surface area contributed by atoms with Crippen molar-refractivity contribution in [1.82, 2.24) is 5.32 Å². The molecular weight excluding hydrogens is 326 g/mol. The van der Waals surface area contributed by atoms with E-state index in [0.717, 1.165) is 29.1 Å². The molecule has 0 aliphatic carbocycles. The molecular formula is C14H16BrNO2S. The summed E-state index contributed by atoms with van der Waals surface area (Å²) in [6, 6.07) is 9.88. The summed E-state index contributed by atoms with van der Waals surface area (Å²) in [6.45, 7) is 2.34. The van der Waals surface area contributed by atoms with Crippen molar-refractivity contribution in [2.45, 2.75) is 6.54 Å². The van der Waals surface area contributed by atoms with E-state index >= 15 is 0 Å². The first-order chi connectivity index (χ1) is 9.29. The predicted molar refractivity (Wildman–Crippen MR) is 82.2 cm³/mol. The number of nitrogens with one attached hydrogen (secondary N) is 1. The van der Waals surface area contributed by atoms with E-state index in [0.29, 0.717) is 6.61 Å². The Bertz CT molecular complexity index is 502. The highest BCUT2D eigenvalue weighted by Gasteiger charge is 2.02. The second-order valence-corrected chi connectivity index (χ2v) is 5.79. The Hall–Kier alpha value is -1.04. The Kier molecular flexibility index (Phi) is 5.69. The molecule has 0 aliphatic heterocycles. The van der Waals surface area contributed by atoms with Crippen LogP contribution in [0.25, 0.3) is 0 Å². The van der Waals surface area contributed by atoms with Crippen LogP contribution < -0.4 is 14.8 Å². The van der Waals surface area contributed by atoms with Crippen molar-refractivity contribution in [3.63, 3.8) is 0 Å². The van der Waals surface area contributed by atoms with Gasteiger partial charge in [-0.25, -0.2) is 0 Å². The first kappa shape index (κ1) is 14.4. The van der Waals surface area contributed by atoms with E-state index in [2.05, 4.69) is 38.8 Å². The van der Waals surface area contributed by atoms with Crippen LogP contribution in [0.3, 0.4) is 0 Å². The number of halogens is 1. The fourth-order valence-electron chi connectivity index (χ4n) is 1.58. The van der Waals surface area contributed by atoms with Crippen molar-refractivity contribution in [1.29, 1.82) is 0 Å². The number of rotatable bonds is 7. The number of hydrogen-bond acceptors (Lipinski definition) is 4. The highest BCUT2D eigenvalue weighted by Crippen LogP contribution is 2.28. The SMILES string of the molecule is COc1ccc(OCCNCc2cccs2)c(Br)c1. The molecule has 0 atom stereocenters. The van der Waals surface area contributed by atoms with Gasteiger partial charge in [0.1, 0.15) is 18.1 Å². The van der Waals surface area contributed by atoms with E-state index in [1.165, 1.54) is 4.88 Å². The van der Waals surface area contributed by atoms with E-state index in [4.69, 9.17) is 9.47 Å². The molecule has 19 heavy (non-hydrogen) atoms. The van der Waals surface area contributed by atoms with Gasteiger partial charge < -0.3 is 14.8 Å². The smallest absolute Gasteiger partial charge is 0.133 e. The molecule has 3 nitrogen and oxygen atoms in total. The maximum Gasteiger partial charge on any atom is 0.133 e. The summed E-state index contributed by atoms with van der Waals surface area (Å²) in [6.07, 6.45) is 0. The average Bonchev–Trinajstić information content (AvgIpc) is 2.93. The lowest BCUT2D eigenvalue weighted by atomic mass is 10.3. The molecule has 0 saturated carbocycles. The first-order valence-electron chi connectivity index (χ1n) is 5.99. The van der Waals surface area contributed by atoms with Crippen LogP contribution in [0.2, 0.25) is 0 Å². The third-order valence-corrected chi connectivity index (χ3v) is 4.05. The Balaban J connectivity index is 1.70. The standard InChI is InChI=1S/C14H16BrNO2S/c1-17-11-4-5-14(13(15)9-11)18-7-6-16-10-12-3-2-8-19-12/h2-5,8-9,16H,6-7,10H2,1H3. The van der Waals surface area contributed by atoms with Crippen LogP contribution in [-0.4, -0.2) is 20.3 Å². The zero-order chi connectivity index (χ0) is 13.5. The Morgan fingerprint density at radius 1 is 1.32 bits per heavy atom. The lowest BCUT2D eigenvalue weighted by Crippen LogP contribution is -2.20. The maximum atomic E-state index is 5.69. The molecule has 0 aliphatic rings. The first-order valence-corrected chi connectivity index (χ1v) is 7.66. The van der Waals surface area contributed by atoms with Crippen molar-refractivity contribution in [2.24, 2.45) is 0 Å². The summed E-state index contributed by atoms with van der Waals surface area (Å²) in [5.41, 5.74) is 0. The van der Waals surface area contributed by atoms with Crippen LogP contribution in [0.1, 0.15) is 4.88 Å². The number of thiophene rings is 1. The largest absolute Gasteiger partial charge is 0.497 e. The second-order valence-electron chi connectivity index (χ2n) is 3.90. The lowest BCUT2D eigenvalue weighted by molar-refractivity contribution is 0.311. The van der Waals surface area contributed by atoms with Gasteiger partial charge in [-0.3, -0.25) is 0 Å².